The molecule has 2 aliphatic rings. The Balaban J connectivity index is 1.82. The Bertz CT molecular complexity index is 674. The first-order chi connectivity index (χ1) is 10.9. The first-order valence-electron chi connectivity index (χ1n) is 8.36. The summed E-state index contributed by atoms with van der Waals surface area (Å²) in [5.74, 6) is 3.40. The van der Waals surface area contributed by atoms with Gasteiger partial charge in [-0.3, -0.25) is 0 Å². The Morgan fingerprint density at radius 1 is 1.09 bits per heavy atom. The van der Waals surface area contributed by atoms with Crippen LogP contribution in [-0.4, -0.2) is 29.3 Å². The zero-order chi connectivity index (χ0) is 14.9. The molecule has 0 atom stereocenters. The second-order valence-corrected chi connectivity index (χ2v) is 6.23. The summed E-state index contributed by atoms with van der Waals surface area (Å²) in [6, 6.07) is 4.09. The number of imidazole rings is 1. The largest absolute Gasteiger partial charge is 0.486 e. The Kier molecular flexibility index (Phi) is 3.66. The summed E-state index contributed by atoms with van der Waals surface area (Å²) in [6.45, 7) is 2.65. The molecule has 2 heterocycles. The number of hydrogen-bond acceptors (Lipinski definition) is 4. The minimum atomic E-state index is 0.562. The van der Waals surface area contributed by atoms with E-state index >= 15 is 0 Å². The first kappa shape index (κ1) is 13.9. The van der Waals surface area contributed by atoms with E-state index < -0.39 is 0 Å². The van der Waals surface area contributed by atoms with Crippen LogP contribution in [0.4, 0.5) is 0 Å². The van der Waals surface area contributed by atoms with Gasteiger partial charge in [-0.1, -0.05) is 19.3 Å². The second kappa shape index (κ2) is 5.80. The number of rotatable bonds is 3. The molecule has 1 aromatic heterocycles. The van der Waals surface area contributed by atoms with Crippen molar-refractivity contribution in [3.63, 3.8) is 0 Å². The summed E-state index contributed by atoms with van der Waals surface area (Å²) in [4.78, 5) is 4.93. The van der Waals surface area contributed by atoms with Gasteiger partial charge in [0.15, 0.2) is 11.5 Å². The lowest BCUT2D eigenvalue weighted by Crippen LogP contribution is -2.17. The number of hydrogen-bond donors (Lipinski definition) is 1. The van der Waals surface area contributed by atoms with E-state index in [1.165, 1.54) is 37.9 Å². The highest BCUT2D eigenvalue weighted by Crippen LogP contribution is 2.38. The van der Waals surface area contributed by atoms with Gasteiger partial charge in [0.1, 0.15) is 19.0 Å². The van der Waals surface area contributed by atoms with Gasteiger partial charge in [-0.25, -0.2) is 4.98 Å². The summed E-state index contributed by atoms with van der Waals surface area (Å²) in [5, 5.41) is 0. The molecule has 1 aliphatic heterocycles. The maximum absolute atomic E-state index is 5.84. The number of fused-ring (bicyclic) bond motifs is 2. The molecule has 1 aromatic carbocycles. The number of ether oxygens (including phenoxy) is 2. The van der Waals surface area contributed by atoms with Crippen molar-refractivity contribution in [2.24, 2.45) is 5.73 Å². The van der Waals surface area contributed by atoms with Crippen LogP contribution >= 0.6 is 0 Å². The van der Waals surface area contributed by atoms with E-state index in [9.17, 15) is 0 Å². The van der Waals surface area contributed by atoms with Crippen LogP contribution in [0.3, 0.4) is 0 Å². The number of benzene rings is 1. The molecule has 5 nitrogen and oxygen atoms in total. The molecule has 118 valence electrons. The molecule has 2 N–H and O–H groups in total. The highest BCUT2D eigenvalue weighted by molar-refractivity contribution is 5.81. The van der Waals surface area contributed by atoms with E-state index in [0.717, 1.165) is 29.1 Å². The van der Waals surface area contributed by atoms with E-state index in [1.54, 1.807) is 0 Å². The van der Waals surface area contributed by atoms with Crippen molar-refractivity contribution >= 4 is 11.0 Å². The zero-order valence-electron chi connectivity index (χ0n) is 12.9. The molecule has 0 radical (unpaired) electrons. The molecule has 2 aromatic rings. The lowest BCUT2D eigenvalue weighted by atomic mass is 9.88. The Labute approximate surface area is 130 Å². The molecule has 5 heteroatoms. The molecule has 1 saturated carbocycles. The van der Waals surface area contributed by atoms with Crippen molar-refractivity contribution in [2.75, 3.05) is 19.8 Å². The Morgan fingerprint density at radius 2 is 1.82 bits per heavy atom. The van der Waals surface area contributed by atoms with Crippen LogP contribution < -0.4 is 15.2 Å². The number of aromatic nitrogens is 2. The molecule has 0 spiro atoms. The molecule has 0 amide bonds. The second-order valence-electron chi connectivity index (χ2n) is 6.23. The molecule has 0 bridgehead atoms. The summed E-state index contributed by atoms with van der Waals surface area (Å²) < 4.78 is 13.7. The SMILES string of the molecule is NCCn1c(C2CCCCC2)nc2cc3c(cc21)OCCO3. The van der Waals surface area contributed by atoms with Gasteiger partial charge in [0.2, 0.25) is 0 Å². The molecule has 22 heavy (non-hydrogen) atoms. The fourth-order valence-electron chi connectivity index (χ4n) is 3.72. The van der Waals surface area contributed by atoms with E-state index in [0.29, 0.717) is 25.7 Å². The molecule has 1 aliphatic carbocycles. The van der Waals surface area contributed by atoms with Crippen LogP contribution in [0.1, 0.15) is 43.8 Å². The highest BCUT2D eigenvalue weighted by atomic mass is 16.6. The van der Waals surface area contributed by atoms with E-state index in [1.807, 2.05) is 6.07 Å². The van der Waals surface area contributed by atoms with Crippen LogP contribution in [0.25, 0.3) is 11.0 Å². The standard InChI is InChI=1S/C17H23N3O2/c18-6-7-20-14-11-16-15(21-8-9-22-16)10-13(14)19-17(20)12-4-2-1-3-5-12/h10-12H,1-9,18H2. The predicted molar refractivity (Wildman–Crippen MR) is 85.6 cm³/mol. The van der Waals surface area contributed by atoms with Crippen molar-refractivity contribution in [3.05, 3.63) is 18.0 Å². The highest BCUT2D eigenvalue weighted by Gasteiger charge is 2.24. The lowest BCUT2D eigenvalue weighted by Gasteiger charge is -2.22. The number of nitrogens with two attached hydrogens (primary N) is 1. The van der Waals surface area contributed by atoms with Crippen molar-refractivity contribution in [1.82, 2.24) is 9.55 Å². The molecular formula is C17H23N3O2. The maximum atomic E-state index is 5.84. The van der Waals surface area contributed by atoms with E-state index in [-0.39, 0.29) is 0 Å². The molecule has 0 saturated heterocycles. The van der Waals surface area contributed by atoms with Gasteiger partial charge in [0, 0.05) is 31.1 Å². The van der Waals surface area contributed by atoms with Crippen molar-refractivity contribution in [3.8, 4) is 11.5 Å². The van der Waals surface area contributed by atoms with Crippen molar-refractivity contribution in [1.29, 1.82) is 0 Å². The topological polar surface area (TPSA) is 62.3 Å². The monoisotopic (exact) mass is 301 g/mol. The van der Waals surface area contributed by atoms with Gasteiger partial charge >= 0.3 is 0 Å². The van der Waals surface area contributed by atoms with Crippen molar-refractivity contribution in [2.45, 2.75) is 44.6 Å². The van der Waals surface area contributed by atoms with Gasteiger partial charge < -0.3 is 19.8 Å². The summed E-state index contributed by atoms with van der Waals surface area (Å²) in [5.41, 5.74) is 7.96. The third-order valence-corrected chi connectivity index (χ3v) is 4.76. The quantitative estimate of drug-likeness (QED) is 0.947. The molecule has 1 fully saturated rings. The van der Waals surface area contributed by atoms with Crippen LogP contribution in [0.15, 0.2) is 12.1 Å². The summed E-state index contributed by atoms with van der Waals surface area (Å²) >= 11 is 0. The average Bonchev–Trinajstić information content (AvgIpc) is 2.92. The first-order valence-corrected chi connectivity index (χ1v) is 8.36. The zero-order valence-corrected chi connectivity index (χ0v) is 12.9. The Hall–Kier alpha value is -1.75. The molecule has 4 rings (SSSR count). The van der Waals surface area contributed by atoms with Gasteiger partial charge in [0.25, 0.3) is 0 Å². The summed E-state index contributed by atoms with van der Waals surface area (Å²) in [7, 11) is 0. The minimum Gasteiger partial charge on any atom is -0.486 e. The van der Waals surface area contributed by atoms with Gasteiger partial charge in [0.05, 0.1) is 11.0 Å². The van der Waals surface area contributed by atoms with Gasteiger partial charge in [-0.2, -0.15) is 0 Å². The normalized spacial score (nSPS) is 18.8. The summed E-state index contributed by atoms with van der Waals surface area (Å²) in [6.07, 6.45) is 6.43. The number of nitrogens with zero attached hydrogens (tertiary/aromatic N) is 2. The predicted octanol–water partition coefficient (Wildman–Crippen LogP) is 2.81. The van der Waals surface area contributed by atoms with Crippen LogP contribution in [-0.2, 0) is 6.54 Å². The molecular weight excluding hydrogens is 278 g/mol. The fourth-order valence-corrected chi connectivity index (χ4v) is 3.72. The van der Waals surface area contributed by atoms with E-state index in [2.05, 4.69) is 10.6 Å². The van der Waals surface area contributed by atoms with Gasteiger partial charge in [-0.15, -0.1) is 0 Å². The van der Waals surface area contributed by atoms with Crippen LogP contribution in [0.2, 0.25) is 0 Å². The van der Waals surface area contributed by atoms with Gasteiger partial charge in [-0.05, 0) is 12.8 Å². The smallest absolute Gasteiger partial charge is 0.163 e. The Morgan fingerprint density at radius 3 is 2.55 bits per heavy atom. The molecule has 0 unspecified atom stereocenters. The van der Waals surface area contributed by atoms with Crippen LogP contribution in [0, 0.1) is 0 Å². The average molecular weight is 301 g/mol. The maximum Gasteiger partial charge on any atom is 0.163 e. The third kappa shape index (κ3) is 2.33. The van der Waals surface area contributed by atoms with Crippen LogP contribution in [0.5, 0.6) is 11.5 Å². The van der Waals surface area contributed by atoms with Crippen molar-refractivity contribution < 1.29 is 9.47 Å². The third-order valence-electron chi connectivity index (χ3n) is 4.76. The van der Waals surface area contributed by atoms with E-state index in [4.69, 9.17) is 20.2 Å². The fraction of sp³-hybridized carbons (Fsp3) is 0.588. The minimum absolute atomic E-state index is 0.562. The lowest BCUT2D eigenvalue weighted by molar-refractivity contribution is 0.172.